The number of imidazole rings is 1. The van der Waals surface area contributed by atoms with E-state index in [-0.39, 0.29) is 17.1 Å². The van der Waals surface area contributed by atoms with E-state index in [1.54, 1.807) is 18.2 Å². The minimum atomic E-state index is -0.253. The van der Waals surface area contributed by atoms with Gasteiger partial charge in [-0.1, -0.05) is 90.2 Å². The van der Waals surface area contributed by atoms with Gasteiger partial charge in [0.2, 0.25) is 0 Å². The Hall–Kier alpha value is -4.68. The van der Waals surface area contributed by atoms with Crippen LogP contribution in [0.4, 0.5) is 0 Å². The molecular formula is C31H19N3O2S. The van der Waals surface area contributed by atoms with Gasteiger partial charge < -0.3 is 4.57 Å². The van der Waals surface area contributed by atoms with Gasteiger partial charge >= 0.3 is 0 Å². The normalized spacial score (nSPS) is 13.1. The number of aromatic nitrogens is 3. The van der Waals surface area contributed by atoms with E-state index in [9.17, 15) is 9.59 Å². The number of allylic oxidation sites excluding steroid dienone is 1. The zero-order chi connectivity index (χ0) is 25.1. The average molecular weight is 498 g/mol. The predicted molar refractivity (Wildman–Crippen MR) is 148 cm³/mol. The smallest absolute Gasteiger partial charge is 0.197 e. The second-order valence-corrected chi connectivity index (χ2v) is 10.1. The maximum Gasteiger partial charge on any atom is 0.197 e. The molecule has 37 heavy (non-hydrogen) atoms. The van der Waals surface area contributed by atoms with Gasteiger partial charge in [-0.2, -0.15) is 0 Å². The highest BCUT2D eigenvalue weighted by atomic mass is 32.1. The first kappa shape index (κ1) is 21.6. The molecule has 0 spiro atoms. The monoisotopic (exact) mass is 497 g/mol. The summed E-state index contributed by atoms with van der Waals surface area (Å²) in [5.41, 5.74) is 5.09. The van der Waals surface area contributed by atoms with E-state index in [0.717, 1.165) is 38.2 Å². The lowest BCUT2D eigenvalue weighted by Crippen LogP contribution is -2.00. The molecule has 0 saturated heterocycles. The molecule has 0 atom stereocenters. The highest BCUT2D eigenvalue weighted by Gasteiger charge is 2.33. The van der Waals surface area contributed by atoms with Crippen LogP contribution in [0, 0.1) is 0 Å². The number of fused-ring (bicyclic) bond motifs is 3. The molecule has 0 radical (unpaired) electrons. The summed E-state index contributed by atoms with van der Waals surface area (Å²) < 4.78 is 1.95. The van der Waals surface area contributed by atoms with Crippen molar-refractivity contribution in [2.24, 2.45) is 7.05 Å². The Morgan fingerprint density at radius 3 is 1.89 bits per heavy atom. The first-order valence-electron chi connectivity index (χ1n) is 11.9. The number of nitrogens with zero attached hydrogens (tertiary/aromatic N) is 3. The maximum absolute atomic E-state index is 13.1. The van der Waals surface area contributed by atoms with Crippen LogP contribution in [0.2, 0.25) is 0 Å². The van der Waals surface area contributed by atoms with Crippen LogP contribution in [-0.2, 0) is 7.05 Å². The second kappa shape index (κ2) is 8.18. The molecule has 0 saturated carbocycles. The van der Waals surface area contributed by atoms with Crippen molar-refractivity contribution in [1.82, 2.24) is 14.5 Å². The number of carbonyl (C=O) groups is 2. The Morgan fingerprint density at radius 1 is 0.703 bits per heavy atom. The molecule has 6 heteroatoms. The summed E-state index contributed by atoms with van der Waals surface area (Å²) in [7, 11) is 1.93. The summed E-state index contributed by atoms with van der Waals surface area (Å²) in [5, 5.41) is 2.47. The van der Waals surface area contributed by atoms with Crippen LogP contribution in [0.3, 0.4) is 0 Å². The van der Waals surface area contributed by atoms with Crippen LogP contribution in [0.1, 0.15) is 25.7 Å². The van der Waals surface area contributed by atoms with E-state index in [2.05, 4.69) is 36.4 Å². The third-order valence-corrected chi connectivity index (χ3v) is 7.72. The highest BCUT2D eigenvalue weighted by Crippen LogP contribution is 2.34. The average Bonchev–Trinajstić information content (AvgIpc) is 3.55. The lowest BCUT2D eigenvalue weighted by Gasteiger charge is -2.05. The molecule has 0 amide bonds. The quantitative estimate of drug-likeness (QED) is 0.195. The molecule has 0 aliphatic heterocycles. The number of thiazole rings is 1. The van der Waals surface area contributed by atoms with E-state index < -0.39 is 0 Å². The van der Waals surface area contributed by atoms with Crippen molar-refractivity contribution < 1.29 is 9.59 Å². The molecule has 6 aromatic rings. The fourth-order valence-electron chi connectivity index (χ4n) is 4.91. The Morgan fingerprint density at radius 2 is 1.27 bits per heavy atom. The van der Waals surface area contributed by atoms with Gasteiger partial charge in [0.05, 0.1) is 5.57 Å². The van der Waals surface area contributed by atoms with Gasteiger partial charge in [0.15, 0.2) is 22.0 Å². The summed E-state index contributed by atoms with van der Waals surface area (Å²) in [5.74, 6) is 0.314. The number of Topliss-reactive ketones (excluding diaryl/α,β-unsaturated/α-hetero) is 2. The maximum atomic E-state index is 13.1. The molecule has 4 aromatic carbocycles. The number of carbonyl (C=O) groups excluding carboxylic acids is 2. The number of benzene rings is 4. The van der Waals surface area contributed by atoms with Crippen molar-refractivity contribution in [2.75, 3.05) is 0 Å². The molecular weight excluding hydrogens is 478 g/mol. The molecule has 0 bridgehead atoms. The van der Waals surface area contributed by atoms with Crippen molar-refractivity contribution in [1.29, 1.82) is 0 Å². The topological polar surface area (TPSA) is 64.8 Å². The van der Waals surface area contributed by atoms with Crippen molar-refractivity contribution in [3.05, 3.63) is 113 Å². The van der Waals surface area contributed by atoms with E-state index in [1.807, 2.05) is 54.1 Å². The van der Waals surface area contributed by atoms with Gasteiger partial charge in [0, 0.05) is 23.7 Å². The van der Waals surface area contributed by atoms with E-state index in [4.69, 9.17) is 9.97 Å². The molecule has 1 aliphatic carbocycles. The molecule has 7 rings (SSSR count). The van der Waals surface area contributed by atoms with Gasteiger partial charge in [0.25, 0.3) is 0 Å². The predicted octanol–water partition coefficient (Wildman–Crippen LogP) is 6.98. The summed E-state index contributed by atoms with van der Waals surface area (Å²) in [6, 6.07) is 29.9. The fourth-order valence-corrected chi connectivity index (χ4v) is 5.82. The Labute approximate surface area is 216 Å². The number of ketones is 2. The van der Waals surface area contributed by atoms with Gasteiger partial charge in [-0.15, -0.1) is 0 Å². The highest BCUT2D eigenvalue weighted by molar-refractivity contribution is 7.19. The number of aryl methyl sites for hydroxylation is 1. The molecule has 2 aromatic heterocycles. The fraction of sp³-hybridized carbons (Fsp3) is 0.0323. The third kappa shape index (κ3) is 3.45. The SMILES string of the molecule is Cn1c(-c2ccc(-c3ccccc3)cc2)nc2sc(C=C3C(=O)c4cc5ccccc5cc4C3=O)nc21. The van der Waals surface area contributed by atoms with Crippen LogP contribution in [0.15, 0.2) is 96.6 Å². The van der Waals surface area contributed by atoms with Crippen LogP contribution in [0.5, 0.6) is 0 Å². The molecule has 0 unspecified atom stereocenters. The third-order valence-electron chi connectivity index (χ3n) is 6.83. The summed E-state index contributed by atoms with van der Waals surface area (Å²) >= 11 is 1.38. The van der Waals surface area contributed by atoms with Gasteiger partial charge in [-0.05, 0) is 40.1 Å². The molecule has 2 heterocycles. The largest absolute Gasteiger partial charge is 0.311 e. The minimum absolute atomic E-state index is 0.154. The first-order valence-corrected chi connectivity index (χ1v) is 12.7. The summed E-state index contributed by atoms with van der Waals surface area (Å²) in [6.07, 6.45) is 1.61. The standard InChI is InChI=1S/C31H19N3O2S/c1-34-29(20-13-11-19(12-14-20)18-7-3-2-4-8-18)33-31-30(34)32-26(37-31)17-25-27(35)23-15-21-9-5-6-10-22(21)16-24(23)28(25)36/h2-17H,1H3. The van der Waals surface area contributed by atoms with Crippen molar-refractivity contribution >= 4 is 50.2 Å². The lowest BCUT2D eigenvalue weighted by molar-refractivity contribution is 0.0990. The van der Waals surface area contributed by atoms with Gasteiger partial charge in [-0.25, -0.2) is 9.97 Å². The van der Waals surface area contributed by atoms with Crippen LogP contribution < -0.4 is 0 Å². The van der Waals surface area contributed by atoms with Crippen LogP contribution >= 0.6 is 11.3 Å². The molecule has 176 valence electrons. The zero-order valence-electron chi connectivity index (χ0n) is 19.8. The summed E-state index contributed by atoms with van der Waals surface area (Å²) in [6.45, 7) is 0. The zero-order valence-corrected chi connectivity index (χ0v) is 20.6. The van der Waals surface area contributed by atoms with E-state index in [1.165, 1.54) is 16.9 Å². The molecule has 0 N–H and O–H groups in total. The summed E-state index contributed by atoms with van der Waals surface area (Å²) in [4.78, 5) is 36.5. The second-order valence-electron chi connectivity index (χ2n) is 9.08. The molecule has 0 fully saturated rings. The Kier molecular flexibility index (Phi) is 4.77. The number of rotatable bonds is 3. The van der Waals surface area contributed by atoms with Crippen LogP contribution in [0.25, 0.3) is 49.8 Å². The Balaban J connectivity index is 1.22. The number of hydrogen-bond donors (Lipinski definition) is 0. The van der Waals surface area contributed by atoms with Gasteiger partial charge in [-0.3, -0.25) is 9.59 Å². The van der Waals surface area contributed by atoms with E-state index >= 15 is 0 Å². The number of hydrogen-bond acceptors (Lipinski definition) is 5. The lowest BCUT2D eigenvalue weighted by atomic mass is 10.0. The first-order chi connectivity index (χ1) is 18.1. The Bertz CT molecular complexity index is 1860. The molecule has 5 nitrogen and oxygen atoms in total. The van der Waals surface area contributed by atoms with Crippen molar-refractivity contribution in [3.63, 3.8) is 0 Å². The van der Waals surface area contributed by atoms with Gasteiger partial charge in [0.1, 0.15) is 10.8 Å². The van der Waals surface area contributed by atoms with E-state index in [0.29, 0.717) is 16.1 Å². The van der Waals surface area contributed by atoms with Crippen molar-refractivity contribution in [3.8, 4) is 22.5 Å². The minimum Gasteiger partial charge on any atom is -0.311 e. The molecule has 1 aliphatic rings. The van der Waals surface area contributed by atoms with Crippen molar-refractivity contribution in [2.45, 2.75) is 0 Å². The van der Waals surface area contributed by atoms with Crippen LogP contribution in [-0.4, -0.2) is 26.1 Å².